The Bertz CT molecular complexity index is 343. The molecule has 1 aliphatic rings. The van der Waals surface area contributed by atoms with E-state index in [-0.39, 0.29) is 6.03 Å². The number of aliphatic carboxylic acids is 1. The van der Waals surface area contributed by atoms with Crippen LogP contribution < -0.4 is 0 Å². The predicted octanol–water partition coefficient (Wildman–Crippen LogP) is 1.80. The first-order valence-corrected chi connectivity index (χ1v) is 6.31. The Labute approximate surface area is 108 Å². The van der Waals surface area contributed by atoms with Crippen molar-refractivity contribution < 1.29 is 14.7 Å². The highest BCUT2D eigenvalue weighted by Crippen LogP contribution is 2.33. The lowest BCUT2D eigenvalue weighted by Gasteiger charge is -2.40. The predicted molar refractivity (Wildman–Crippen MR) is 69.4 cm³/mol. The van der Waals surface area contributed by atoms with E-state index in [2.05, 4.69) is 6.58 Å². The lowest BCUT2D eigenvalue weighted by Crippen LogP contribution is -2.52. The van der Waals surface area contributed by atoms with E-state index in [4.69, 9.17) is 0 Å². The van der Waals surface area contributed by atoms with Gasteiger partial charge in [-0.1, -0.05) is 13.0 Å². The van der Waals surface area contributed by atoms with E-state index in [1.54, 1.807) is 22.9 Å². The molecule has 0 aromatic carbocycles. The number of hydrogen-bond donors (Lipinski definition) is 1. The molecule has 0 spiro atoms. The first kappa shape index (κ1) is 14.5. The van der Waals surface area contributed by atoms with Gasteiger partial charge >= 0.3 is 12.0 Å². The molecule has 1 fully saturated rings. The number of hydrogen-bond acceptors (Lipinski definition) is 2. The fourth-order valence-electron chi connectivity index (χ4n) is 2.42. The maximum absolute atomic E-state index is 12.1. The number of carbonyl (C=O) groups excluding carboxylic acids is 1. The molecule has 1 saturated heterocycles. The monoisotopic (exact) mass is 254 g/mol. The van der Waals surface area contributed by atoms with E-state index in [1.165, 1.54) is 0 Å². The number of rotatable bonds is 4. The molecule has 0 aromatic rings. The number of carbonyl (C=O) groups is 2. The smallest absolute Gasteiger partial charge is 0.320 e. The fourth-order valence-corrected chi connectivity index (χ4v) is 2.42. The summed E-state index contributed by atoms with van der Waals surface area (Å²) in [5, 5.41) is 9.36. The van der Waals surface area contributed by atoms with Crippen LogP contribution >= 0.6 is 0 Å². The van der Waals surface area contributed by atoms with Crippen LogP contribution in [0.3, 0.4) is 0 Å². The molecular formula is C13H22N2O3. The van der Waals surface area contributed by atoms with Gasteiger partial charge in [0, 0.05) is 26.7 Å². The van der Waals surface area contributed by atoms with Crippen LogP contribution in [-0.4, -0.2) is 53.6 Å². The first-order chi connectivity index (χ1) is 8.46. The van der Waals surface area contributed by atoms with Crippen LogP contribution in [0.2, 0.25) is 0 Å². The largest absolute Gasteiger partial charge is 0.481 e. The van der Waals surface area contributed by atoms with E-state index >= 15 is 0 Å². The van der Waals surface area contributed by atoms with Gasteiger partial charge in [-0.2, -0.15) is 0 Å². The van der Waals surface area contributed by atoms with Crippen molar-refractivity contribution in [1.82, 2.24) is 9.80 Å². The van der Waals surface area contributed by atoms with Crippen molar-refractivity contribution in [2.45, 2.75) is 26.2 Å². The Morgan fingerprint density at radius 2 is 2.22 bits per heavy atom. The number of likely N-dealkylation sites (N-methyl/N-ethyl adjacent to an activating group) is 1. The van der Waals surface area contributed by atoms with Crippen molar-refractivity contribution in [2.75, 3.05) is 26.7 Å². The van der Waals surface area contributed by atoms with E-state index in [1.807, 2.05) is 6.92 Å². The summed E-state index contributed by atoms with van der Waals surface area (Å²) < 4.78 is 0. The summed E-state index contributed by atoms with van der Waals surface area (Å²) in [6, 6.07) is -0.117. The molecule has 2 amide bonds. The molecule has 1 N–H and O–H groups in total. The molecule has 0 radical (unpaired) electrons. The van der Waals surface area contributed by atoms with Crippen LogP contribution in [0, 0.1) is 5.41 Å². The van der Waals surface area contributed by atoms with Gasteiger partial charge in [0.05, 0.1) is 5.41 Å². The minimum atomic E-state index is -0.797. The van der Waals surface area contributed by atoms with Crippen molar-refractivity contribution in [1.29, 1.82) is 0 Å². The quantitative estimate of drug-likeness (QED) is 0.778. The topological polar surface area (TPSA) is 60.9 Å². The molecular weight excluding hydrogens is 232 g/mol. The molecule has 5 nitrogen and oxygen atoms in total. The number of carboxylic acid groups (broad SMARTS) is 1. The minimum absolute atomic E-state index is 0.117. The number of urea groups is 1. The normalized spacial score (nSPS) is 23.6. The molecule has 0 saturated carbocycles. The van der Waals surface area contributed by atoms with Crippen LogP contribution in [0.1, 0.15) is 26.2 Å². The second-order valence-electron chi connectivity index (χ2n) is 4.92. The summed E-state index contributed by atoms with van der Waals surface area (Å²) in [7, 11) is 1.70. The molecule has 1 rings (SSSR count). The number of piperidine rings is 1. The maximum Gasteiger partial charge on any atom is 0.320 e. The second kappa shape index (κ2) is 5.89. The summed E-state index contributed by atoms with van der Waals surface area (Å²) >= 11 is 0. The Balaban J connectivity index is 2.77. The first-order valence-electron chi connectivity index (χ1n) is 6.31. The molecule has 18 heavy (non-hydrogen) atoms. The van der Waals surface area contributed by atoms with Gasteiger partial charge in [-0.25, -0.2) is 4.79 Å². The van der Waals surface area contributed by atoms with Crippen molar-refractivity contribution in [3.05, 3.63) is 12.7 Å². The highest BCUT2D eigenvalue weighted by Gasteiger charge is 2.42. The van der Waals surface area contributed by atoms with Gasteiger partial charge in [0.2, 0.25) is 0 Å². The zero-order valence-corrected chi connectivity index (χ0v) is 11.2. The minimum Gasteiger partial charge on any atom is -0.481 e. The maximum atomic E-state index is 12.1. The van der Waals surface area contributed by atoms with E-state index < -0.39 is 11.4 Å². The lowest BCUT2D eigenvalue weighted by molar-refractivity contribution is -0.152. The highest BCUT2D eigenvalue weighted by atomic mass is 16.4. The third kappa shape index (κ3) is 2.83. The molecule has 0 aliphatic carbocycles. The van der Waals surface area contributed by atoms with Crippen LogP contribution in [0.15, 0.2) is 12.7 Å². The second-order valence-corrected chi connectivity index (χ2v) is 4.92. The number of likely N-dealkylation sites (tertiary alicyclic amines) is 1. The SMILES string of the molecule is C=CCN(C)C(=O)N1CCCC(CC)(C(=O)O)C1. The van der Waals surface area contributed by atoms with Crippen LogP contribution in [0.25, 0.3) is 0 Å². The van der Waals surface area contributed by atoms with Gasteiger partial charge in [-0.15, -0.1) is 6.58 Å². The molecule has 0 bridgehead atoms. The van der Waals surface area contributed by atoms with Crippen molar-refractivity contribution in [2.24, 2.45) is 5.41 Å². The number of carboxylic acids is 1. The average Bonchev–Trinajstić information content (AvgIpc) is 2.37. The van der Waals surface area contributed by atoms with Gasteiger partial charge in [0.25, 0.3) is 0 Å². The van der Waals surface area contributed by atoms with Gasteiger partial charge in [0.15, 0.2) is 0 Å². The molecule has 5 heteroatoms. The Morgan fingerprint density at radius 3 is 2.72 bits per heavy atom. The summed E-state index contributed by atoms with van der Waals surface area (Å²) in [6.07, 6.45) is 3.60. The summed E-state index contributed by atoms with van der Waals surface area (Å²) in [4.78, 5) is 26.7. The van der Waals surface area contributed by atoms with Gasteiger partial charge in [-0.3, -0.25) is 4.79 Å². The van der Waals surface area contributed by atoms with Crippen molar-refractivity contribution in [3.8, 4) is 0 Å². The van der Waals surface area contributed by atoms with Crippen LogP contribution in [-0.2, 0) is 4.79 Å². The number of amides is 2. The van der Waals surface area contributed by atoms with Crippen molar-refractivity contribution >= 4 is 12.0 Å². The number of nitrogens with zero attached hydrogens (tertiary/aromatic N) is 2. The third-order valence-corrected chi connectivity index (χ3v) is 3.71. The molecule has 1 aliphatic heterocycles. The summed E-state index contributed by atoms with van der Waals surface area (Å²) in [5.41, 5.74) is -0.775. The Morgan fingerprint density at radius 1 is 1.56 bits per heavy atom. The van der Waals surface area contributed by atoms with E-state index in [0.29, 0.717) is 32.5 Å². The fraction of sp³-hybridized carbons (Fsp3) is 0.692. The third-order valence-electron chi connectivity index (χ3n) is 3.71. The zero-order valence-electron chi connectivity index (χ0n) is 11.2. The molecule has 0 aromatic heterocycles. The van der Waals surface area contributed by atoms with Gasteiger partial charge < -0.3 is 14.9 Å². The van der Waals surface area contributed by atoms with Crippen LogP contribution in [0.5, 0.6) is 0 Å². The van der Waals surface area contributed by atoms with Gasteiger partial charge in [0.1, 0.15) is 0 Å². The van der Waals surface area contributed by atoms with E-state index in [9.17, 15) is 14.7 Å². The highest BCUT2D eigenvalue weighted by molar-refractivity contribution is 5.78. The van der Waals surface area contributed by atoms with Crippen LogP contribution in [0.4, 0.5) is 4.79 Å². The molecule has 1 unspecified atom stereocenters. The zero-order chi connectivity index (χ0) is 13.8. The average molecular weight is 254 g/mol. The standard InChI is InChI=1S/C13H22N2O3/c1-4-8-14(3)12(18)15-9-6-7-13(5-2,10-15)11(16)17/h4H,1,5-10H2,2-3H3,(H,16,17). The van der Waals surface area contributed by atoms with Crippen molar-refractivity contribution in [3.63, 3.8) is 0 Å². The summed E-state index contributed by atoms with van der Waals surface area (Å²) in [6.45, 7) is 6.88. The molecule has 1 atom stereocenters. The molecule has 102 valence electrons. The summed E-state index contributed by atoms with van der Waals surface area (Å²) in [5.74, 6) is -0.797. The van der Waals surface area contributed by atoms with Gasteiger partial charge in [-0.05, 0) is 19.3 Å². The molecule has 1 heterocycles. The Kier molecular flexibility index (Phi) is 4.76. The van der Waals surface area contributed by atoms with E-state index in [0.717, 1.165) is 6.42 Å². The lowest BCUT2D eigenvalue weighted by atomic mass is 9.78. The Hall–Kier alpha value is -1.52.